The molecule has 0 aromatic heterocycles. The van der Waals surface area contributed by atoms with Crippen LogP contribution in [0.2, 0.25) is 0 Å². The van der Waals surface area contributed by atoms with E-state index in [9.17, 15) is 4.57 Å². The lowest BCUT2D eigenvalue weighted by atomic mass is 10.0. The summed E-state index contributed by atoms with van der Waals surface area (Å²) in [6.45, 7) is 0. The van der Waals surface area contributed by atoms with E-state index in [1.54, 1.807) is 0 Å². The Kier molecular flexibility index (Phi) is 3.85. The van der Waals surface area contributed by atoms with E-state index in [0.29, 0.717) is 0 Å². The van der Waals surface area contributed by atoms with Crippen LogP contribution in [0.15, 0.2) is 60.7 Å². The Balaban J connectivity index is 2.16. The van der Waals surface area contributed by atoms with Gasteiger partial charge in [-0.15, -0.1) is 0 Å². The first-order valence-electron chi connectivity index (χ1n) is 5.36. The van der Waals surface area contributed by atoms with Gasteiger partial charge in [0.1, 0.15) is 0 Å². The highest BCUT2D eigenvalue weighted by atomic mass is 31.1. The van der Waals surface area contributed by atoms with Crippen molar-refractivity contribution in [2.45, 2.75) is 12.1 Å². The molecular weight excluding hydrogens is 215 g/mol. The second-order valence-electron chi connectivity index (χ2n) is 3.77. The summed E-state index contributed by atoms with van der Waals surface area (Å²) in [7, 11) is -0.298. The van der Waals surface area contributed by atoms with Gasteiger partial charge in [-0.25, -0.2) is 0 Å². The van der Waals surface area contributed by atoms with E-state index in [0.717, 1.165) is 12.0 Å². The summed E-state index contributed by atoms with van der Waals surface area (Å²) in [4.78, 5) is 0. The predicted molar refractivity (Wildman–Crippen MR) is 68.3 cm³/mol. The average molecular weight is 229 g/mol. The average Bonchev–Trinajstić information content (AvgIpc) is 2.38. The fraction of sp³-hybridized carbons (Fsp3) is 0.143. The molecule has 2 atom stereocenters. The molecule has 0 aliphatic heterocycles. The molecule has 1 nitrogen and oxygen atoms in total. The molecule has 0 radical (unpaired) electrons. The molecule has 0 aliphatic rings. The van der Waals surface area contributed by atoms with E-state index in [-0.39, 0.29) is 14.1 Å². The van der Waals surface area contributed by atoms with Crippen LogP contribution in [-0.2, 0) is 11.0 Å². The zero-order valence-corrected chi connectivity index (χ0v) is 9.97. The largest absolute Gasteiger partial charge is 0.333 e. The molecule has 0 fully saturated rings. The van der Waals surface area contributed by atoms with E-state index in [4.69, 9.17) is 0 Å². The van der Waals surface area contributed by atoms with Gasteiger partial charge in [0, 0.05) is 12.0 Å². The van der Waals surface area contributed by atoms with Gasteiger partial charge in [0.2, 0.25) is 0 Å². The summed E-state index contributed by atoms with van der Waals surface area (Å²) in [5.74, 6) is 0. The molecule has 0 saturated carbocycles. The van der Waals surface area contributed by atoms with Crippen molar-refractivity contribution in [3.05, 3.63) is 71.8 Å². The van der Waals surface area contributed by atoms with Crippen LogP contribution < -0.4 is 0 Å². The first-order chi connectivity index (χ1) is 7.90. The lowest BCUT2D eigenvalue weighted by Gasteiger charge is -2.04. The number of hydrogen-bond acceptors (Lipinski definition) is 1. The summed E-state index contributed by atoms with van der Waals surface area (Å²) in [5, 5.41) is 0. The normalized spacial score (nSPS) is 12.5. The highest BCUT2D eigenvalue weighted by Gasteiger charge is 2.18. The van der Waals surface area contributed by atoms with Crippen molar-refractivity contribution in [2.75, 3.05) is 0 Å². The molecule has 2 rings (SSSR count). The maximum atomic E-state index is 11.3. The van der Waals surface area contributed by atoms with Crippen molar-refractivity contribution in [2.24, 2.45) is 0 Å². The van der Waals surface area contributed by atoms with Crippen LogP contribution in [0.25, 0.3) is 0 Å². The van der Waals surface area contributed by atoms with Gasteiger partial charge in [-0.3, -0.25) is 0 Å². The zero-order valence-electron chi connectivity index (χ0n) is 8.97. The maximum absolute atomic E-state index is 11.3. The van der Waals surface area contributed by atoms with Crippen LogP contribution in [0.1, 0.15) is 16.8 Å². The maximum Gasteiger partial charge on any atom is 0.333 e. The minimum absolute atomic E-state index is 0.114. The van der Waals surface area contributed by atoms with Crippen molar-refractivity contribution >= 4 is 8.46 Å². The molecule has 2 aromatic carbocycles. The van der Waals surface area contributed by atoms with Crippen molar-refractivity contribution in [1.29, 1.82) is 0 Å². The Morgan fingerprint density at radius 3 is 2.00 bits per heavy atom. The Hall–Kier alpha value is -1.46. The summed E-state index contributed by atoms with van der Waals surface area (Å²) in [6, 6.07) is 20.2. The summed E-state index contributed by atoms with van der Waals surface area (Å²) < 4.78 is 11.3. The molecule has 0 spiro atoms. The molecule has 0 bridgehead atoms. The van der Waals surface area contributed by atoms with Crippen LogP contribution in [0.4, 0.5) is 0 Å². The molecule has 0 aliphatic carbocycles. The number of rotatable bonds is 4. The summed E-state index contributed by atoms with van der Waals surface area (Å²) in [6.07, 6.45) is 0.840. The lowest BCUT2D eigenvalue weighted by molar-refractivity contribution is 0.591. The van der Waals surface area contributed by atoms with Crippen molar-refractivity contribution in [1.82, 2.24) is 0 Å². The Morgan fingerprint density at radius 1 is 0.875 bits per heavy atom. The van der Waals surface area contributed by atoms with Crippen LogP contribution in [0.5, 0.6) is 0 Å². The van der Waals surface area contributed by atoms with Gasteiger partial charge in [0.25, 0.3) is 0 Å². The monoisotopic (exact) mass is 229 g/mol. The van der Waals surface area contributed by atoms with Gasteiger partial charge in [0.05, 0.1) is 0 Å². The van der Waals surface area contributed by atoms with E-state index >= 15 is 0 Å². The smallest absolute Gasteiger partial charge is 0.0767 e. The predicted octanol–water partition coefficient (Wildman–Crippen LogP) is 3.99. The molecule has 0 heterocycles. The highest BCUT2D eigenvalue weighted by molar-refractivity contribution is 7.24. The van der Waals surface area contributed by atoms with E-state index < -0.39 is 0 Å². The van der Waals surface area contributed by atoms with Crippen molar-refractivity contribution in [3.8, 4) is 0 Å². The van der Waals surface area contributed by atoms with Gasteiger partial charge in [-0.1, -0.05) is 65.2 Å². The third-order valence-corrected chi connectivity index (χ3v) is 3.45. The number of hydrogen-bond donors (Lipinski definition) is 0. The van der Waals surface area contributed by atoms with Crippen LogP contribution >= 0.6 is 8.46 Å². The van der Waals surface area contributed by atoms with Gasteiger partial charge in [-0.05, 0) is 5.56 Å². The standard InChI is InChI=1S/C14H13OP/c15-16-14(13-9-5-2-6-10-13)11-12-7-3-1-4-8-12/h1-10,14H,11H2/p+1/t14-/m1/s1. The van der Waals surface area contributed by atoms with Crippen LogP contribution in [0, 0.1) is 0 Å². The summed E-state index contributed by atoms with van der Waals surface area (Å²) >= 11 is 0. The first kappa shape index (κ1) is 11.0. The Bertz CT molecular complexity index is 439. The molecule has 16 heavy (non-hydrogen) atoms. The number of benzene rings is 2. The highest BCUT2D eigenvalue weighted by Crippen LogP contribution is 2.30. The molecule has 0 amide bonds. The second kappa shape index (κ2) is 5.58. The molecule has 0 N–H and O–H groups in total. The molecule has 1 unspecified atom stereocenters. The molecule has 2 heteroatoms. The van der Waals surface area contributed by atoms with Gasteiger partial charge in [-0.2, -0.15) is 0 Å². The van der Waals surface area contributed by atoms with E-state index in [1.165, 1.54) is 5.56 Å². The Labute approximate surface area is 97.3 Å². The Morgan fingerprint density at radius 2 is 1.44 bits per heavy atom. The quantitative estimate of drug-likeness (QED) is 0.724. The van der Waals surface area contributed by atoms with Crippen molar-refractivity contribution < 1.29 is 4.57 Å². The lowest BCUT2D eigenvalue weighted by Crippen LogP contribution is -1.95. The van der Waals surface area contributed by atoms with Gasteiger partial charge < -0.3 is 0 Å². The second-order valence-corrected chi connectivity index (χ2v) is 4.70. The topological polar surface area (TPSA) is 17.1 Å². The molecular formula is C14H14OP+. The molecule has 0 saturated heterocycles. The zero-order chi connectivity index (χ0) is 11.2. The molecule has 2 aromatic rings. The third kappa shape index (κ3) is 2.77. The van der Waals surface area contributed by atoms with Gasteiger partial charge in [0.15, 0.2) is 5.66 Å². The van der Waals surface area contributed by atoms with Crippen LogP contribution in [0.3, 0.4) is 0 Å². The van der Waals surface area contributed by atoms with E-state index in [2.05, 4.69) is 12.1 Å². The first-order valence-corrected chi connectivity index (χ1v) is 6.35. The third-order valence-electron chi connectivity index (χ3n) is 2.63. The fourth-order valence-corrected chi connectivity index (χ4v) is 2.41. The van der Waals surface area contributed by atoms with Crippen LogP contribution in [-0.4, -0.2) is 0 Å². The molecule has 80 valence electrons. The fourth-order valence-electron chi connectivity index (χ4n) is 1.76. The SMILES string of the molecule is O=[PH+][C@H](Cc1ccccc1)c1ccccc1. The van der Waals surface area contributed by atoms with E-state index in [1.807, 2.05) is 48.5 Å². The summed E-state index contributed by atoms with van der Waals surface area (Å²) in [5.41, 5.74) is 2.50. The van der Waals surface area contributed by atoms with Gasteiger partial charge >= 0.3 is 8.46 Å². The van der Waals surface area contributed by atoms with Crippen molar-refractivity contribution in [3.63, 3.8) is 0 Å². The minimum atomic E-state index is -0.298. The minimum Gasteiger partial charge on any atom is -0.0767 e.